The Morgan fingerprint density at radius 1 is 1.29 bits per heavy atom. The van der Waals surface area contributed by atoms with Gasteiger partial charge in [0.25, 0.3) is 0 Å². The van der Waals surface area contributed by atoms with Crippen LogP contribution in [0.5, 0.6) is 0 Å². The number of hydrogen-bond donors (Lipinski definition) is 0. The number of hydrogen-bond acceptors (Lipinski definition) is 4. The fraction of sp³-hybridized carbons (Fsp3) is 0.0833. The zero-order valence-corrected chi connectivity index (χ0v) is 9.81. The number of pyridine rings is 2. The van der Waals surface area contributed by atoms with E-state index in [0.29, 0.717) is 16.4 Å². The third-order valence-electron chi connectivity index (χ3n) is 2.21. The van der Waals surface area contributed by atoms with Crippen LogP contribution in [0.3, 0.4) is 0 Å². The van der Waals surface area contributed by atoms with Crippen LogP contribution in [0.4, 0.5) is 0 Å². The maximum atomic E-state index is 11.6. The predicted molar refractivity (Wildman–Crippen MR) is 63.8 cm³/mol. The SMILES string of the molecule is COC(=O)c1cccnc1-c1ccnc(Cl)c1. The quantitative estimate of drug-likeness (QED) is 0.606. The zero-order valence-electron chi connectivity index (χ0n) is 9.05. The van der Waals surface area contributed by atoms with E-state index in [1.54, 1.807) is 36.7 Å². The molecule has 2 aromatic rings. The fourth-order valence-electron chi connectivity index (χ4n) is 1.46. The Morgan fingerprint density at radius 3 is 2.82 bits per heavy atom. The van der Waals surface area contributed by atoms with Gasteiger partial charge in [-0.05, 0) is 24.3 Å². The summed E-state index contributed by atoms with van der Waals surface area (Å²) in [6, 6.07) is 6.72. The molecule has 0 atom stereocenters. The average Bonchev–Trinajstić information content (AvgIpc) is 2.38. The first kappa shape index (κ1) is 11.5. The molecule has 0 aliphatic carbocycles. The molecule has 0 aliphatic rings. The van der Waals surface area contributed by atoms with Crippen LogP contribution in [0.2, 0.25) is 5.15 Å². The molecule has 0 spiro atoms. The molecule has 0 fully saturated rings. The molecule has 0 amide bonds. The summed E-state index contributed by atoms with van der Waals surface area (Å²) in [7, 11) is 1.33. The smallest absolute Gasteiger partial charge is 0.340 e. The lowest BCUT2D eigenvalue weighted by Crippen LogP contribution is -2.04. The number of halogens is 1. The molecule has 0 aromatic carbocycles. The molecule has 0 saturated carbocycles. The molecule has 0 unspecified atom stereocenters. The van der Waals surface area contributed by atoms with E-state index in [2.05, 4.69) is 9.97 Å². The van der Waals surface area contributed by atoms with Crippen LogP contribution < -0.4 is 0 Å². The van der Waals surface area contributed by atoms with Crippen molar-refractivity contribution in [1.29, 1.82) is 0 Å². The second kappa shape index (κ2) is 4.93. The summed E-state index contributed by atoms with van der Waals surface area (Å²) in [5.74, 6) is -0.430. The molecular formula is C12H9ClN2O2. The van der Waals surface area contributed by atoms with Gasteiger partial charge in [-0.1, -0.05) is 11.6 Å². The molecule has 2 rings (SSSR count). The van der Waals surface area contributed by atoms with Crippen LogP contribution in [0.1, 0.15) is 10.4 Å². The zero-order chi connectivity index (χ0) is 12.3. The number of carbonyl (C=O) groups is 1. The highest BCUT2D eigenvalue weighted by atomic mass is 35.5. The minimum absolute atomic E-state index is 0.351. The Morgan fingerprint density at radius 2 is 2.12 bits per heavy atom. The number of methoxy groups -OCH3 is 1. The van der Waals surface area contributed by atoms with Gasteiger partial charge in [0.1, 0.15) is 5.15 Å². The number of aromatic nitrogens is 2. The molecular weight excluding hydrogens is 240 g/mol. The molecule has 2 aromatic heterocycles. The van der Waals surface area contributed by atoms with E-state index in [1.807, 2.05) is 0 Å². The fourth-order valence-corrected chi connectivity index (χ4v) is 1.63. The highest BCUT2D eigenvalue weighted by Gasteiger charge is 2.14. The third-order valence-corrected chi connectivity index (χ3v) is 2.42. The summed E-state index contributed by atoms with van der Waals surface area (Å²) < 4.78 is 4.70. The van der Waals surface area contributed by atoms with E-state index in [1.165, 1.54) is 7.11 Å². The highest BCUT2D eigenvalue weighted by Crippen LogP contribution is 2.23. The van der Waals surface area contributed by atoms with Crippen LogP contribution in [0, 0.1) is 0 Å². The van der Waals surface area contributed by atoms with Crippen molar-refractivity contribution >= 4 is 17.6 Å². The van der Waals surface area contributed by atoms with Gasteiger partial charge in [0, 0.05) is 18.0 Å². The first-order valence-corrected chi connectivity index (χ1v) is 5.25. The van der Waals surface area contributed by atoms with Crippen molar-refractivity contribution in [1.82, 2.24) is 9.97 Å². The van der Waals surface area contributed by atoms with Crippen molar-refractivity contribution in [2.45, 2.75) is 0 Å². The first-order chi connectivity index (χ1) is 8.22. The summed E-state index contributed by atoms with van der Waals surface area (Å²) in [6.07, 6.45) is 3.17. The number of rotatable bonds is 2. The van der Waals surface area contributed by atoms with Crippen molar-refractivity contribution in [2.75, 3.05) is 7.11 Å². The summed E-state index contributed by atoms with van der Waals surface area (Å²) in [6.45, 7) is 0. The summed E-state index contributed by atoms with van der Waals surface area (Å²) >= 11 is 5.81. The van der Waals surface area contributed by atoms with Gasteiger partial charge in [-0.15, -0.1) is 0 Å². The molecule has 2 heterocycles. The van der Waals surface area contributed by atoms with Crippen molar-refractivity contribution in [2.24, 2.45) is 0 Å². The molecule has 0 N–H and O–H groups in total. The van der Waals surface area contributed by atoms with Gasteiger partial charge in [0.2, 0.25) is 0 Å². The Kier molecular flexibility index (Phi) is 3.35. The van der Waals surface area contributed by atoms with Crippen molar-refractivity contribution in [3.8, 4) is 11.3 Å². The molecule has 17 heavy (non-hydrogen) atoms. The first-order valence-electron chi connectivity index (χ1n) is 4.87. The van der Waals surface area contributed by atoms with Gasteiger partial charge >= 0.3 is 5.97 Å². The van der Waals surface area contributed by atoms with E-state index in [-0.39, 0.29) is 0 Å². The van der Waals surface area contributed by atoms with Gasteiger partial charge in [-0.25, -0.2) is 9.78 Å². The Balaban J connectivity index is 2.55. The summed E-state index contributed by atoms with van der Waals surface area (Å²) in [5, 5.41) is 0.351. The van der Waals surface area contributed by atoms with Gasteiger partial charge in [0.05, 0.1) is 18.4 Å². The van der Waals surface area contributed by atoms with Crippen molar-refractivity contribution in [3.05, 3.63) is 47.4 Å². The molecule has 0 radical (unpaired) electrons. The van der Waals surface area contributed by atoms with Crippen LogP contribution >= 0.6 is 11.6 Å². The summed E-state index contributed by atoms with van der Waals surface area (Å²) in [4.78, 5) is 19.6. The Bertz CT molecular complexity index is 558. The van der Waals surface area contributed by atoms with E-state index in [4.69, 9.17) is 16.3 Å². The predicted octanol–water partition coefficient (Wildman–Crippen LogP) is 2.58. The van der Waals surface area contributed by atoms with Crippen LogP contribution in [0.15, 0.2) is 36.7 Å². The molecule has 86 valence electrons. The lowest BCUT2D eigenvalue weighted by atomic mass is 10.1. The normalized spacial score (nSPS) is 10.0. The van der Waals surface area contributed by atoms with Gasteiger partial charge in [0.15, 0.2) is 0 Å². The maximum absolute atomic E-state index is 11.6. The average molecular weight is 249 g/mol. The number of nitrogens with zero attached hydrogens (tertiary/aromatic N) is 2. The van der Waals surface area contributed by atoms with Crippen molar-refractivity contribution < 1.29 is 9.53 Å². The third kappa shape index (κ3) is 2.42. The lowest BCUT2D eigenvalue weighted by Gasteiger charge is -2.06. The Hall–Kier alpha value is -1.94. The number of esters is 1. The lowest BCUT2D eigenvalue weighted by molar-refractivity contribution is 0.0601. The Labute approximate surface area is 103 Å². The highest BCUT2D eigenvalue weighted by molar-refractivity contribution is 6.29. The monoisotopic (exact) mass is 248 g/mol. The van der Waals surface area contributed by atoms with Crippen molar-refractivity contribution in [3.63, 3.8) is 0 Å². The molecule has 5 heteroatoms. The minimum atomic E-state index is -0.430. The maximum Gasteiger partial charge on any atom is 0.340 e. The second-order valence-electron chi connectivity index (χ2n) is 3.26. The topological polar surface area (TPSA) is 52.1 Å². The van der Waals surface area contributed by atoms with Crippen LogP contribution in [-0.2, 0) is 4.74 Å². The van der Waals surface area contributed by atoms with Gasteiger partial charge < -0.3 is 4.74 Å². The number of carbonyl (C=O) groups excluding carboxylic acids is 1. The van der Waals surface area contributed by atoms with E-state index in [0.717, 1.165) is 5.56 Å². The minimum Gasteiger partial charge on any atom is -0.465 e. The van der Waals surface area contributed by atoms with Crippen LogP contribution in [-0.4, -0.2) is 23.0 Å². The largest absolute Gasteiger partial charge is 0.465 e. The molecule has 0 bridgehead atoms. The van der Waals surface area contributed by atoms with E-state index < -0.39 is 5.97 Å². The second-order valence-corrected chi connectivity index (χ2v) is 3.65. The standard InChI is InChI=1S/C12H9ClN2O2/c1-17-12(16)9-3-2-5-15-11(9)8-4-6-14-10(13)7-8/h2-7H,1H3. The molecule has 0 aliphatic heterocycles. The van der Waals surface area contributed by atoms with Crippen LogP contribution in [0.25, 0.3) is 11.3 Å². The summed E-state index contributed by atoms with van der Waals surface area (Å²) in [5.41, 5.74) is 1.66. The van der Waals surface area contributed by atoms with E-state index in [9.17, 15) is 4.79 Å². The molecule has 0 saturated heterocycles. The van der Waals surface area contributed by atoms with Gasteiger partial charge in [-0.3, -0.25) is 4.98 Å². The van der Waals surface area contributed by atoms with Gasteiger partial charge in [-0.2, -0.15) is 0 Å². The molecule has 4 nitrogen and oxygen atoms in total. The van der Waals surface area contributed by atoms with E-state index >= 15 is 0 Å². The number of ether oxygens (including phenoxy) is 1.